The van der Waals surface area contributed by atoms with Gasteiger partial charge in [-0.2, -0.15) is 20.1 Å². The molecule has 0 bridgehead atoms. The number of carbonyl (C=O) groups excluding carboxylic acids is 3. The van der Waals surface area contributed by atoms with Crippen LogP contribution in [0.2, 0.25) is 0 Å². The van der Waals surface area contributed by atoms with Gasteiger partial charge in [0, 0.05) is 32.3 Å². The molecule has 2 aromatic heterocycles. The van der Waals surface area contributed by atoms with Gasteiger partial charge in [-0.3, -0.25) is 19.5 Å². The monoisotopic (exact) mass is 1130 g/mol. The van der Waals surface area contributed by atoms with Crippen LogP contribution in [0.1, 0.15) is 164 Å². The zero-order chi connectivity index (χ0) is 48.1. The predicted molar refractivity (Wildman–Crippen MR) is 275 cm³/mol. The first-order chi connectivity index (χ1) is 32.1. The van der Waals surface area contributed by atoms with Crippen molar-refractivity contribution in [2.24, 2.45) is 80.8 Å². The first kappa shape index (κ1) is 68.8. The molecule has 0 aliphatic heterocycles. The number of nitrogens with one attached hydrogen (secondary N) is 1. The topological polar surface area (TPSA) is 202 Å². The van der Waals surface area contributed by atoms with E-state index in [9.17, 15) is 19.8 Å². The smallest absolute Gasteiger partial charge is 1.00 e. The minimum atomic E-state index is -0.181. The number of ether oxygens (including phenoxy) is 2. The number of aliphatic hydroxyl groups excluding tert-OH is 2. The van der Waals surface area contributed by atoms with Crippen molar-refractivity contribution in [2.45, 2.75) is 184 Å². The number of hydrogen-bond acceptors (Lipinski definition) is 12. The van der Waals surface area contributed by atoms with Crippen LogP contribution in [0.4, 0.5) is 0 Å². The van der Waals surface area contributed by atoms with Gasteiger partial charge < -0.3 is 31.3 Å². The van der Waals surface area contributed by atoms with Crippen molar-refractivity contribution < 1.29 is 148 Å². The minimum Gasteiger partial charge on any atom is -1.00 e. The number of aryl methyl sites for hydroxylation is 2. The zero-order valence-corrected chi connectivity index (χ0v) is 51.0. The fourth-order valence-corrected chi connectivity index (χ4v) is 17.7. The van der Waals surface area contributed by atoms with Gasteiger partial charge in [0.2, 0.25) is 0 Å². The molecule has 3 N–H and O–H groups in total. The predicted octanol–water partition coefficient (Wildman–Crippen LogP) is 3.58. The van der Waals surface area contributed by atoms with E-state index in [0.717, 1.165) is 88.5 Å². The number of aromatic amines is 1. The fourth-order valence-electron chi connectivity index (χ4n) is 17.3. The second kappa shape index (κ2) is 30.3. The van der Waals surface area contributed by atoms with E-state index in [1.807, 2.05) is 34.3 Å². The molecular weight excluding hydrogens is 1030 g/mol. The number of aromatic nitrogens is 5. The number of Topliss-reactive ketones (excluding diaryl/α,β-unsaturated/α-hetero) is 2. The second-order valence-corrected chi connectivity index (χ2v) is 23.5. The number of nitrogens with zero attached hydrogens (tertiary/aromatic N) is 4. The van der Waals surface area contributed by atoms with E-state index in [1.54, 1.807) is 17.2 Å². The molecule has 2 aromatic rings. The Labute approximate surface area is 528 Å². The van der Waals surface area contributed by atoms with Crippen LogP contribution in [0.15, 0.2) is 18.6 Å². The number of ketones is 2. The molecule has 8 aliphatic rings. The molecule has 16 atom stereocenters. The third kappa shape index (κ3) is 14.2. The normalized spacial score (nSPS) is 38.4. The summed E-state index contributed by atoms with van der Waals surface area (Å²) in [6, 6.07) is 0. The average molecular weight is 1130 g/mol. The van der Waals surface area contributed by atoms with Crippen LogP contribution in [0.5, 0.6) is 0 Å². The summed E-state index contributed by atoms with van der Waals surface area (Å²) in [5, 5.41) is 44.5. The maximum atomic E-state index is 13.3. The molecule has 10 rings (SSSR count). The van der Waals surface area contributed by atoms with Crippen molar-refractivity contribution in [3.63, 3.8) is 0 Å². The summed E-state index contributed by atoms with van der Waals surface area (Å²) in [6.45, 7) is 10.6. The van der Waals surface area contributed by atoms with E-state index in [1.165, 1.54) is 63.4 Å². The molecule has 14 nitrogen and oxygen atoms in total. The van der Waals surface area contributed by atoms with Crippen molar-refractivity contribution in [2.75, 3.05) is 32.8 Å². The Bertz CT molecular complexity index is 1960. The van der Waals surface area contributed by atoms with Crippen molar-refractivity contribution in [3.05, 3.63) is 29.8 Å². The second-order valence-electron chi connectivity index (χ2n) is 22.9. The number of rotatable bonds is 10. The molecule has 0 saturated heterocycles. The Morgan fingerprint density at radius 1 is 0.750 bits per heavy atom. The largest absolute Gasteiger partial charge is 1.00 e. The first-order valence-electron chi connectivity index (χ1n) is 25.6. The van der Waals surface area contributed by atoms with E-state index < -0.39 is 0 Å². The zero-order valence-electron chi connectivity index (χ0n) is 44.2. The molecule has 0 unspecified atom stereocenters. The third-order valence-corrected chi connectivity index (χ3v) is 20.6. The van der Waals surface area contributed by atoms with Gasteiger partial charge in [-0.25, -0.2) is 0 Å². The summed E-state index contributed by atoms with van der Waals surface area (Å²) in [4.78, 5) is 38.7. The number of fused-ring (bicyclic) bond motifs is 10. The molecule has 2 heterocycles. The summed E-state index contributed by atoms with van der Waals surface area (Å²) in [5.74, 6) is 6.55. The summed E-state index contributed by atoms with van der Waals surface area (Å²) < 4.78 is 11.6. The molecule has 0 spiro atoms. The van der Waals surface area contributed by atoms with Gasteiger partial charge in [-0.1, -0.05) is 52.1 Å². The van der Waals surface area contributed by atoms with Crippen LogP contribution in [-0.2, 0) is 35.3 Å². The molecule has 8 saturated carbocycles. The molecular formula is C55H94BrK2N5O9. The van der Waals surface area contributed by atoms with Crippen LogP contribution >= 0.6 is 15.9 Å². The van der Waals surface area contributed by atoms with Gasteiger partial charge in [0.25, 0.3) is 6.47 Å². The van der Waals surface area contributed by atoms with Crippen molar-refractivity contribution >= 4 is 34.0 Å². The quantitative estimate of drug-likeness (QED) is 0.103. The summed E-state index contributed by atoms with van der Waals surface area (Å²) >= 11 is 3.42. The van der Waals surface area contributed by atoms with E-state index >= 15 is 0 Å². The van der Waals surface area contributed by atoms with E-state index in [0.29, 0.717) is 58.9 Å². The van der Waals surface area contributed by atoms with Gasteiger partial charge in [0.05, 0.1) is 48.8 Å². The number of alkyl halides is 1. The molecule has 0 amide bonds. The summed E-state index contributed by atoms with van der Waals surface area (Å²) in [5.41, 5.74) is 2.86. The Kier molecular flexibility index (Phi) is 29.0. The first-order valence-corrected chi connectivity index (χ1v) is 26.8. The Hall–Kier alpha value is 0.713. The number of H-pyrrole nitrogens is 1. The Morgan fingerprint density at radius 3 is 1.58 bits per heavy atom. The third-order valence-electron chi connectivity index (χ3n) is 20.0. The molecule has 72 heavy (non-hydrogen) atoms. The molecule has 8 fully saturated rings. The Morgan fingerprint density at radius 2 is 1.22 bits per heavy atom. The van der Waals surface area contributed by atoms with Crippen molar-refractivity contribution in [1.82, 2.24) is 25.2 Å². The van der Waals surface area contributed by atoms with Gasteiger partial charge in [-0.15, -0.1) is 0 Å². The number of halogens is 1. The van der Waals surface area contributed by atoms with Crippen LogP contribution in [0, 0.1) is 94.7 Å². The molecule has 8 aliphatic carbocycles. The molecule has 402 valence electrons. The van der Waals surface area contributed by atoms with E-state index in [4.69, 9.17) is 19.5 Å². The van der Waals surface area contributed by atoms with Crippen molar-refractivity contribution in [1.29, 1.82) is 0 Å². The number of carbonyl (C=O) groups is 3. The molecule has 0 aromatic carbocycles. The molecule has 17 heteroatoms. The fraction of sp³-hybridized carbons (Fsp3) is 0.855. The maximum absolute atomic E-state index is 13.3. The SMILES string of the molecule is C.C.C.COC[C@]12CC[C@@H](O)C[C@@H]1CC[C@H]1[C@@H]3CC[C@H](C(=O)CBr)[C@@]3(C)CC[C@@H]12.COC[C@]12CC[C@@H](O)C[C@@H]1CC[C@H]1[C@@H]3CC[C@H](C(=O)Cn4ncc(C)n4)[C@@]3(C)CC[C@@H]12.Cc1cn[nH]c1.O=CO[O-].[H-].[K+].[K+]. The average Bonchev–Trinajstić information content (AvgIpc) is 4.13. The van der Waals surface area contributed by atoms with Crippen LogP contribution < -0.4 is 108 Å². The van der Waals surface area contributed by atoms with Crippen LogP contribution in [0.25, 0.3) is 0 Å². The summed E-state index contributed by atoms with van der Waals surface area (Å²) in [6.07, 6.45) is 25.4. The Balaban J connectivity index is 0.000000578. The maximum Gasteiger partial charge on any atom is 1.00 e. The van der Waals surface area contributed by atoms with Gasteiger partial charge >= 0.3 is 103 Å². The van der Waals surface area contributed by atoms with Crippen LogP contribution in [0.3, 0.4) is 0 Å². The van der Waals surface area contributed by atoms with E-state index in [-0.39, 0.29) is 179 Å². The standard InChI is InChI=1S/C25H39N3O3.C22H35BrO3.C4H6N2.CH2O3.3CH4.2K.H/c1-16-13-26-28(27-16)14-23(30)22-7-6-20-19-5-4-17-12-18(29)8-11-25(17,15-31-3)21(19)9-10-24(20,22)2;1-21-9-8-18-16(17(21)5-6-19(21)20(25)12-23)4-3-14-11-15(24)7-10-22(14,18)13-26-2;1-4-2-5-6-3-4;2-1-4-3;;;;;;/h13,17-22,29H,4-12,14-15H2,1-3H3;14-19,24H,3-13H2,1-2H3;2-3H,1H3,(H,5,6);1,3H;3*1H4;;;/q;;;;;;;2*+1;-1/p-1/t17-,18+,19-,20-,21-,22+,24-,25+;14-,15+,16-,17-,18-,19+,21-,22+;;;;;;;;/m00......../s1. The number of hydrogen-bond donors (Lipinski definition) is 3. The number of aliphatic hydroxyl groups is 2. The van der Waals surface area contributed by atoms with E-state index in [2.05, 4.69) is 55.1 Å². The van der Waals surface area contributed by atoms with Gasteiger partial charge in [0.15, 0.2) is 5.78 Å². The van der Waals surface area contributed by atoms with Gasteiger partial charge in [0.1, 0.15) is 12.3 Å². The van der Waals surface area contributed by atoms with Crippen molar-refractivity contribution in [3.8, 4) is 0 Å². The summed E-state index contributed by atoms with van der Waals surface area (Å²) in [7, 11) is 3.70. The van der Waals surface area contributed by atoms with Gasteiger partial charge in [-0.05, 0) is 204 Å². The van der Waals surface area contributed by atoms with Crippen LogP contribution in [-0.4, -0.2) is 98.4 Å². The number of methoxy groups -OCH3 is 2. The molecule has 0 radical (unpaired) electrons. The minimum absolute atomic E-state index is 0.